The lowest BCUT2D eigenvalue weighted by Crippen LogP contribution is -2.45. The smallest absolute Gasteiger partial charge is 0.326 e. The van der Waals surface area contributed by atoms with Crippen molar-refractivity contribution in [2.75, 3.05) is 6.54 Å². The first-order chi connectivity index (χ1) is 10.0. The minimum absolute atomic E-state index is 0.104. The van der Waals surface area contributed by atoms with Gasteiger partial charge in [-0.3, -0.25) is 4.79 Å². The molecule has 0 saturated heterocycles. The van der Waals surface area contributed by atoms with Crippen LogP contribution in [0.1, 0.15) is 41.8 Å². The first kappa shape index (κ1) is 15.5. The van der Waals surface area contributed by atoms with Crippen LogP contribution in [0.2, 0.25) is 0 Å². The van der Waals surface area contributed by atoms with Crippen LogP contribution in [0.3, 0.4) is 0 Å². The van der Waals surface area contributed by atoms with Gasteiger partial charge in [-0.1, -0.05) is 32.4 Å². The van der Waals surface area contributed by atoms with Gasteiger partial charge in [0.2, 0.25) is 0 Å². The molecular formula is C16H22N2O3. The first-order valence-corrected chi connectivity index (χ1v) is 7.39. The standard InChI is InChI=1S/C16H22N2O3/c1-3-10(2)14(16(20)21)18-15(19)13-6-4-5-11-9-17-8-7-12(11)13/h4-6,10,14,17H,3,7-9H2,1-2H3,(H,18,19)(H,20,21)/t10?,14-/m0/s1. The molecule has 1 aromatic rings. The fourth-order valence-corrected chi connectivity index (χ4v) is 2.65. The summed E-state index contributed by atoms with van der Waals surface area (Å²) < 4.78 is 0. The van der Waals surface area contributed by atoms with E-state index in [4.69, 9.17) is 0 Å². The third-order valence-corrected chi connectivity index (χ3v) is 4.15. The number of benzene rings is 1. The monoisotopic (exact) mass is 290 g/mol. The minimum Gasteiger partial charge on any atom is -0.480 e. The van der Waals surface area contributed by atoms with Crippen LogP contribution < -0.4 is 10.6 Å². The van der Waals surface area contributed by atoms with Crippen LogP contribution >= 0.6 is 0 Å². The van der Waals surface area contributed by atoms with E-state index in [1.807, 2.05) is 26.0 Å². The van der Waals surface area contributed by atoms with Gasteiger partial charge in [0, 0.05) is 12.1 Å². The second-order valence-electron chi connectivity index (χ2n) is 5.54. The molecule has 21 heavy (non-hydrogen) atoms. The van der Waals surface area contributed by atoms with E-state index in [1.54, 1.807) is 6.07 Å². The number of aliphatic carboxylic acids is 1. The van der Waals surface area contributed by atoms with Crippen molar-refractivity contribution in [3.8, 4) is 0 Å². The molecule has 3 N–H and O–H groups in total. The number of carboxylic acid groups (broad SMARTS) is 1. The highest BCUT2D eigenvalue weighted by Gasteiger charge is 2.27. The van der Waals surface area contributed by atoms with E-state index in [0.717, 1.165) is 30.6 Å². The Kier molecular flexibility index (Phi) is 4.96. The first-order valence-electron chi connectivity index (χ1n) is 7.39. The number of carboxylic acids is 1. The van der Waals surface area contributed by atoms with Gasteiger partial charge in [0.05, 0.1) is 0 Å². The van der Waals surface area contributed by atoms with Crippen molar-refractivity contribution in [1.29, 1.82) is 0 Å². The quantitative estimate of drug-likeness (QED) is 0.769. The SMILES string of the molecule is CCC(C)[C@H](NC(=O)c1cccc2c1CCNC2)C(=O)O. The van der Waals surface area contributed by atoms with Crippen LogP contribution in [-0.4, -0.2) is 29.6 Å². The third kappa shape index (κ3) is 3.42. The largest absolute Gasteiger partial charge is 0.480 e. The van der Waals surface area contributed by atoms with Crippen molar-refractivity contribution in [1.82, 2.24) is 10.6 Å². The summed E-state index contributed by atoms with van der Waals surface area (Å²) in [5.41, 5.74) is 2.75. The summed E-state index contributed by atoms with van der Waals surface area (Å²) in [6, 6.07) is 4.77. The van der Waals surface area contributed by atoms with E-state index in [9.17, 15) is 14.7 Å². The van der Waals surface area contributed by atoms with Gasteiger partial charge in [-0.05, 0) is 36.1 Å². The van der Waals surface area contributed by atoms with Crippen LogP contribution in [0.15, 0.2) is 18.2 Å². The number of fused-ring (bicyclic) bond motifs is 1. The molecule has 114 valence electrons. The summed E-state index contributed by atoms with van der Waals surface area (Å²) in [6.07, 6.45) is 1.49. The maximum atomic E-state index is 12.5. The number of nitrogens with one attached hydrogen (secondary N) is 2. The second kappa shape index (κ2) is 6.72. The Labute approximate surface area is 124 Å². The molecule has 0 saturated carbocycles. The summed E-state index contributed by atoms with van der Waals surface area (Å²) in [6.45, 7) is 5.35. The van der Waals surface area contributed by atoms with Gasteiger partial charge in [0.15, 0.2) is 0 Å². The molecule has 1 aromatic carbocycles. The zero-order valence-corrected chi connectivity index (χ0v) is 12.5. The van der Waals surface area contributed by atoms with Gasteiger partial charge in [-0.25, -0.2) is 4.79 Å². The molecule has 0 radical (unpaired) electrons. The van der Waals surface area contributed by atoms with Crippen molar-refractivity contribution in [3.05, 3.63) is 34.9 Å². The molecule has 0 aliphatic carbocycles. The van der Waals surface area contributed by atoms with Crippen molar-refractivity contribution >= 4 is 11.9 Å². The molecule has 1 aliphatic heterocycles. The van der Waals surface area contributed by atoms with E-state index in [1.165, 1.54) is 0 Å². The molecule has 0 aromatic heterocycles. The number of rotatable bonds is 5. The zero-order chi connectivity index (χ0) is 15.4. The van der Waals surface area contributed by atoms with Crippen LogP contribution in [0.4, 0.5) is 0 Å². The molecule has 2 atom stereocenters. The molecule has 0 bridgehead atoms. The fraction of sp³-hybridized carbons (Fsp3) is 0.500. The number of amides is 1. The van der Waals surface area contributed by atoms with Crippen LogP contribution in [-0.2, 0) is 17.8 Å². The summed E-state index contributed by atoms with van der Waals surface area (Å²) in [5, 5.41) is 15.2. The van der Waals surface area contributed by atoms with E-state index in [2.05, 4.69) is 10.6 Å². The Morgan fingerprint density at radius 2 is 2.19 bits per heavy atom. The van der Waals surface area contributed by atoms with Crippen molar-refractivity contribution in [3.63, 3.8) is 0 Å². The lowest BCUT2D eigenvalue weighted by Gasteiger charge is -2.23. The molecule has 2 rings (SSSR count). The lowest BCUT2D eigenvalue weighted by atomic mass is 9.94. The Balaban J connectivity index is 2.22. The number of carbonyl (C=O) groups excluding carboxylic acids is 1. The van der Waals surface area contributed by atoms with Crippen LogP contribution in [0.5, 0.6) is 0 Å². The highest BCUT2D eigenvalue weighted by molar-refractivity contribution is 5.98. The van der Waals surface area contributed by atoms with E-state index >= 15 is 0 Å². The predicted octanol–water partition coefficient (Wildman–Crippen LogP) is 1.56. The number of hydrogen-bond acceptors (Lipinski definition) is 3. The molecule has 0 spiro atoms. The van der Waals surface area contributed by atoms with Crippen molar-refractivity contribution in [2.24, 2.45) is 5.92 Å². The maximum Gasteiger partial charge on any atom is 0.326 e. The molecule has 1 unspecified atom stereocenters. The maximum absolute atomic E-state index is 12.5. The fourth-order valence-electron chi connectivity index (χ4n) is 2.65. The highest BCUT2D eigenvalue weighted by Crippen LogP contribution is 2.19. The average molecular weight is 290 g/mol. The normalized spacial score (nSPS) is 16.7. The van der Waals surface area contributed by atoms with Crippen molar-refractivity contribution < 1.29 is 14.7 Å². The third-order valence-electron chi connectivity index (χ3n) is 4.15. The summed E-state index contributed by atoms with van der Waals surface area (Å²) in [5.74, 6) is -1.38. The molecule has 1 amide bonds. The van der Waals surface area contributed by atoms with Crippen LogP contribution in [0.25, 0.3) is 0 Å². The van der Waals surface area contributed by atoms with E-state index < -0.39 is 12.0 Å². The van der Waals surface area contributed by atoms with Gasteiger partial charge in [-0.2, -0.15) is 0 Å². The van der Waals surface area contributed by atoms with Crippen molar-refractivity contribution in [2.45, 2.75) is 39.3 Å². The van der Waals surface area contributed by atoms with Gasteiger partial charge in [0.1, 0.15) is 6.04 Å². The lowest BCUT2D eigenvalue weighted by molar-refractivity contribution is -0.140. The molecular weight excluding hydrogens is 268 g/mol. The molecule has 5 heteroatoms. The molecule has 0 fully saturated rings. The Morgan fingerprint density at radius 1 is 1.43 bits per heavy atom. The Bertz CT molecular complexity index is 542. The summed E-state index contributed by atoms with van der Waals surface area (Å²) in [4.78, 5) is 23.8. The summed E-state index contributed by atoms with van der Waals surface area (Å²) >= 11 is 0. The van der Waals surface area contributed by atoms with Gasteiger partial charge in [-0.15, -0.1) is 0 Å². The van der Waals surface area contributed by atoms with Gasteiger partial charge < -0.3 is 15.7 Å². The molecule has 1 aliphatic rings. The Hall–Kier alpha value is -1.88. The zero-order valence-electron chi connectivity index (χ0n) is 12.5. The Morgan fingerprint density at radius 3 is 2.86 bits per heavy atom. The topological polar surface area (TPSA) is 78.4 Å². The number of carbonyl (C=O) groups is 2. The van der Waals surface area contributed by atoms with E-state index in [0.29, 0.717) is 12.0 Å². The minimum atomic E-state index is -0.982. The molecule has 1 heterocycles. The second-order valence-corrected chi connectivity index (χ2v) is 5.54. The predicted molar refractivity (Wildman–Crippen MR) is 80.2 cm³/mol. The van der Waals surface area contributed by atoms with E-state index in [-0.39, 0.29) is 11.8 Å². The highest BCUT2D eigenvalue weighted by atomic mass is 16.4. The van der Waals surface area contributed by atoms with Gasteiger partial charge in [0.25, 0.3) is 5.91 Å². The molecule has 5 nitrogen and oxygen atoms in total. The summed E-state index contributed by atoms with van der Waals surface area (Å²) in [7, 11) is 0. The average Bonchev–Trinajstić information content (AvgIpc) is 2.50. The number of hydrogen-bond donors (Lipinski definition) is 3. The van der Waals surface area contributed by atoms with Crippen LogP contribution in [0, 0.1) is 5.92 Å². The van der Waals surface area contributed by atoms with Gasteiger partial charge >= 0.3 is 5.97 Å².